The van der Waals surface area contributed by atoms with E-state index in [2.05, 4.69) is 0 Å². The van der Waals surface area contributed by atoms with Crippen LogP contribution in [0.15, 0.2) is 0 Å². The van der Waals surface area contributed by atoms with Gasteiger partial charge in [-0.15, -0.1) is 0 Å². The van der Waals surface area contributed by atoms with Crippen molar-refractivity contribution in [3.8, 4) is 0 Å². The molecule has 0 bridgehead atoms. The number of hydrogen-bond donors (Lipinski definition) is 0. The zero-order valence-electron chi connectivity index (χ0n) is 3.03. The second-order valence-corrected chi connectivity index (χ2v) is 1.34. The molecule has 4 nitrogen and oxygen atoms in total. The molecule has 37 valence electrons. The number of hydrogen-bond acceptors (Lipinski definition) is 4. The molecule has 0 aromatic rings. The fraction of sp³-hybridized carbons (Fsp3) is 0. The van der Waals surface area contributed by atoms with E-state index in [-0.39, 0.29) is 44.1 Å². The van der Waals surface area contributed by atoms with Crippen LogP contribution in [0.2, 0.25) is 0 Å². The Hall–Kier alpha value is 1.56. The maximum atomic E-state index is 8.55. The monoisotopic (exact) mass is 236 g/mol. The molecule has 7 heteroatoms. The van der Waals surface area contributed by atoms with Crippen molar-refractivity contribution < 1.29 is 63.3 Å². The van der Waals surface area contributed by atoms with E-state index in [1.54, 1.807) is 0 Å². The molecule has 0 aromatic heterocycles. The van der Waals surface area contributed by atoms with Gasteiger partial charge in [0.25, 0.3) is 0 Å². The summed E-state index contributed by atoms with van der Waals surface area (Å²) in [7, 11) is -5.39. The fourth-order valence-electron chi connectivity index (χ4n) is 0. The Balaban J connectivity index is -0.0000000800. The minimum Gasteiger partial charge on any atom is -0.822 e. The van der Waals surface area contributed by atoms with Crippen LogP contribution in [0.4, 0.5) is 0 Å². The van der Waals surface area contributed by atoms with Crippen LogP contribution in [0, 0.1) is 0 Å². The Kier molecular flexibility index (Phi) is 12.9. The minimum atomic E-state index is -5.39. The van der Waals surface area contributed by atoms with E-state index >= 15 is 0 Å². The maximum Gasteiger partial charge on any atom is 2.00 e. The Labute approximate surface area is 70.9 Å². The van der Waals surface area contributed by atoms with Crippen LogP contribution in [-0.2, 0) is 48.7 Å². The summed E-state index contributed by atoms with van der Waals surface area (Å²) in [5, 5.41) is 0. The summed E-state index contributed by atoms with van der Waals surface area (Å²) in [5.74, 6) is 0. The fourth-order valence-corrected chi connectivity index (χ4v) is 0. The first-order valence-electron chi connectivity index (χ1n) is 0.730. The minimum absolute atomic E-state index is 0. The largest absolute Gasteiger partial charge is 2.00 e. The molecule has 0 atom stereocenters. The van der Waals surface area contributed by atoms with E-state index in [1.807, 2.05) is 0 Å². The molecule has 0 aliphatic heterocycles. The van der Waals surface area contributed by atoms with E-state index in [0.29, 0.717) is 0 Å². The van der Waals surface area contributed by atoms with Crippen LogP contribution in [0.3, 0.4) is 0 Å². The summed E-state index contributed by atoms with van der Waals surface area (Å²) < 4.78 is 8.55. The van der Waals surface area contributed by atoms with Crippen molar-refractivity contribution in [2.45, 2.75) is 0 Å². The van der Waals surface area contributed by atoms with Gasteiger partial charge in [-0.05, 0) is 0 Å². The summed E-state index contributed by atoms with van der Waals surface area (Å²) in [6, 6.07) is 0. The topological polar surface area (TPSA) is 86.2 Å². The molecule has 1 radical (unpaired) electrons. The average molecular weight is 236 g/mol. The Morgan fingerprint density at radius 1 is 1.14 bits per heavy atom. The summed E-state index contributed by atoms with van der Waals surface area (Å²) >= 11 is 0. The molecule has 0 spiro atoms. The van der Waals surface area contributed by atoms with E-state index in [1.165, 1.54) is 0 Å². The third-order valence-electron chi connectivity index (χ3n) is 0. The molecule has 0 aliphatic rings. The first kappa shape index (κ1) is 15.8. The van der Waals surface area contributed by atoms with E-state index in [4.69, 9.17) is 19.2 Å². The second kappa shape index (κ2) is 5.70. The quantitative estimate of drug-likeness (QED) is 0.335. The summed E-state index contributed by atoms with van der Waals surface area (Å²) in [4.78, 5) is 25.6. The molecule has 0 N–H and O–H groups in total. The van der Waals surface area contributed by atoms with Crippen molar-refractivity contribution in [3.05, 3.63) is 0 Å². The molecule has 0 unspecified atom stereocenters. The standard InChI is InChI=1S/Nb.H3O4P.Ti/c;1-5(2,3)4;/h;(H3,1,2,3,4);/q+2;;+2/p-3. The number of phosphoric acid groups is 1. The predicted octanol–water partition coefficient (Wildman–Crippen LogP) is -2.83. The van der Waals surface area contributed by atoms with Crippen LogP contribution in [0.1, 0.15) is 0 Å². The van der Waals surface area contributed by atoms with Crippen LogP contribution in [0.5, 0.6) is 0 Å². The molecule has 0 aromatic carbocycles. The van der Waals surface area contributed by atoms with Gasteiger partial charge in [-0.1, -0.05) is 0 Å². The summed E-state index contributed by atoms with van der Waals surface area (Å²) in [6.07, 6.45) is 0. The smallest absolute Gasteiger partial charge is 0.822 e. The zero-order chi connectivity index (χ0) is 4.50. The van der Waals surface area contributed by atoms with Gasteiger partial charge in [-0.3, -0.25) is 0 Å². The molecular weight excluding hydrogens is 236 g/mol. The van der Waals surface area contributed by atoms with Gasteiger partial charge in [0.2, 0.25) is 0 Å². The van der Waals surface area contributed by atoms with Gasteiger partial charge in [0.15, 0.2) is 0 Å². The van der Waals surface area contributed by atoms with Crippen molar-refractivity contribution in [1.29, 1.82) is 0 Å². The third-order valence-corrected chi connectivity index (χ3v) is 0. The molecule has 0 saturated carbocycles. The van der Waals surface area contributed by atoms with Gasteiger partial charge < -0.3 is 19.2 Å². The van der Waals surface area contributed by atoms with Crippen molar-refractivity contribution >= 4 is 7.82 Å². The van der Waals surface area contributed by atoms with Crippen LogP contribution in [-0.4, -0.2) is 0 Å². The van der Waals surface area contributed by atoms with Crippen LogP contribution >= 0.6 is 7.82 Å². The molecule has 0 amide bonds. The third kappa shape index (κ3) is 95.7. The van der Waals surface area contributed by atoms with Gasteiger partial charge in [0.1, 0.15) is 0 Å². The first-order valence-corrected chi connectivity index (χ1v) is 2.19. The Morgan fingerprint density at radius 2 is 1.14 bits per heavy atom. The van der Waals surface area contributed by atoms with Gasteiger partial charge in [0.05, 0.1) is 0 Å². The molecule has 7 heavy (non-hydrogen) atoms. The van der Waals surface area contributed by atoms with E-state index in [0.717, 1.165) is 0 Å². The molecule has 0 heterocycles. The molecule has 0 aliphatic carbocycles. The van der Waals surface area contributed by atoms with Gasteiger partial charge >= 0.3 is 44.1 Å². The predicted molar refractivity (Wildman–Crippen MR) is 7.61 cm³/mol. The first-order chi connectivity index (χ1) is 2.00. The van der Waals surface area contributed by atoms with Crippen LogP contribution in [0.25, 0.3) is 0 Å². The normalized spacial score (nSPS) is 8.43. The summed E-state index contributed by atoms with van der Waals surface area (Å²) in [6.45, 7) is 0. The van der Waals surface area contributed by atoms with E-state index in [9.17, 15) is 0 Å². The average Bonchev–Trinajstić information content (AvgIpc) is 0.722. The van der Waals surface area contributed by atoms with Crippen molar-refractivity contribution in [3.63, 3.8) is 0 Å². The maximum absolute atomic E-state index is 8.55. The Morgan fingerprint density at radius 3 is 1.14 bits per heavy atom. The molecule has 0 rings (SSSR count). The zero-order valence-corrected chi connectivity index (χ0v) is 7.68. The Bertz CT molecular complexity index is 57.8. The number of rotatable bonds is 0. The molecule has 0 saturated heterocycles. The SMILES string of the molecule is O=P([O-])([O-])[O-].[Nb+2].[Ti+2]. The van der Waals surface area contributed by atoms with E-state index < -0.39 is 7.82 Å². The molecular formula is NbO4PTi+. The van der Waals surface area contributed by atoms with Crippen molar-refractivity contribution in [2.75, 3.05) is 0 Å². The molecule has 0 fully saturated rings. The van der Waals surface area contributed by atoms with Gasteiger partial charge in [0, 0.05) is 0 Å². The van der Waals surface area contributed by atoms with Gasteiger partial charge in [-0.2, -0.15) is 7.82 Å². The van der Waals surface area contributed by atoms with Crippen molar-refractivity contribution in [1.82, 2.24) is 0 Å². The van der Waals surface area contributed by atoms with Gasteiger partial charge in [-0.25, -0.2) is 0 Å². The second-order valence-electron chi connectivity index (χ2n) is 0.447. The summed E-state index contributed by atoms with van der Waals surface area (Å²) in [5.41, 5.74) is 0. The van der Waals surface area contributed by atoms with Crippen molar-refractivity contribution in [2.24, 2.45) is 0 Å². The van der Waals surface area contributed by atoms with Crippen LogP contribution < -0.4 is 14.7 Å².